The molecule has 0 unspecified atom stereocenters. The summed E-state index contributed by atoms with van der Waals surface area (Å²) in [5.41, 5.74) is 0.461. The molecule has 0 radical (unpaired) electrons. The molecule has 1 fully saturated rings. The van der Waals surface area contributed by atoms with Crippen molar-refractivity contribution < 1.29 is 22.5 Å². The van der Waals surface area contributed by atoms with Crippen molar-refractivity contribution in [3.63, 3.8) is 0 Å². The van der Waals surface area contributed by atoms with Crippen LogP contribution in [0.3, 0.4) is 0 Å². The summed E-state index contributed by atoms with van der Waals surface area (Å²) in [6.45, 7) is 9.91. The third-order valence-electron chi connectivity index (χ3n) is 4.64. The van der Waals surface area contributed by atoms with Crippen molar-refractivity contribution in [2.45, 2.75) is 57.6 Å². The zero-order valence-corrected chi connectivity index (χ0v) is 16.4. The highest BCUT2D eigenvalue weighted by atomic mass is 32.2. The van der Waals surface area contributed by atoms with Crippen LogP contribution < -0.4 is 5.32 Å². The maximum Gasteiger partial charge on any atom is 0.247 e. The standard InChI is InChI=1S/C17H28N2O5S/c1-16(2,3)13-10-14(24-19-13)18-15(20)17(4,5)25(21,22)11-12-6-8-23-9-7-12/h10,12H,6-9,11H2,1-5H3,(H,18,20). The van der Waals surface area contributed by atoms with Gasteiger partial charge in [0.2, 0.25) is 11.8 Å². The quantitative estimate of drug-likeness (QED) is 0.853. The Kier molecular flexibility index (Phi) is 5.63. The average molecular weight is 372 g/mol. The van der Waals surface area contributed by atoms with E-state index in [1.54, 1.807) is 6.07 Å². The maximum absolute atomic E-state index is 12.8. The molecule has 8 heteroatoms. The first-order valence-corrected chi connectivity index (χ1v) is 10.2. The van der Waals surface area contributed by atoms with Crippen LogP contribution in [0, 0.1) is 5.92 Å². The summed E-state index contributed by atoms with van der Waals surface area (Å²) in [7, 11) is -3.63. The summed E-state index contributed by atoms with van der Waals surface area (Å²) in [6, 6.07) is 1.62. The zero-order valence-electron chi connectivity index (χ0n) is 15.6. The predicted molar refractivity (Wildman–Crippen MR) is 95.2 cm³/mol. The molecule has 0 aliphatic carbocycles. The Labute approximate surface area is 149 Å². The molecule has 142 valence electrons. The van der Waals surface area contributed by atoms with Crippen LogP contribution in [0.2, 0.25) is 0 Å². The number of nitrogens with zero attached hydrogens (tertiary/aromatic N) is 1. The predicted octanol–water partition coefficient (Wildman–Crippen LogP) is 2.53. The second kappa shape index (κ2) is 7.07. The Morgan fingerprint density at radius 1 is 1.24 bits per heavy atom. The Balaban J connectivity index is 2.09. The van der Waals surface area contributed by atoms with Crippen LogP contribution in [-0.4, -0.2) is 43.2 Å². The van der Waals surface area contributed by atoms with Crippen LogP contribution in [0.5, 0.6) is 0 Å². The second-order valence-electron chi connectivity index (χ2n) is 8.13. The molecule has 0 spiro atoms. The largest absolute Gasteiger partial charge is 0.381 e. The van der Waals surface area contributed by atoms with Gasteiger partial charge in [0.1, 0.15) is 4.75 Å². The van der Waals surface area contributed by atoms with E-state index in [1.807, 2.05) is 20.8 Å². The zero-order chi connectivity index (χ0) is 18.9. The summed E-state index contributed by atoms with van der Waals surface area (Å²) in [6.07, 6.45) is 1.40. The van der Waals surface area contributed by atoms with Crippen molar-refractivity contribution in [2.75, 3.05) is 24.3 Å². The molecule has 1 amide bonds. The van der Waals surface area contributed by atoms with Crippen LogP contribution in [0.15, 0.2) is 10.6 Å². The number of carbonyl (C=O) groups excluding carboxylic acids is 1. The minimum absolute atomic E-state index is 0.0135. The summed E-state index contributed by atoms with van der Waals surface area (Å²) in [5, 5.41) is 6.47. The summed E-state index contributed by atoms with van der Waals surface area (Å²) in [5.74, 6) is -0.440. The number of sulfone groups is 1. The fourth-order valence-corrected chi connectivity index (χ4v) is 4.23. The molecule has 2 heterocycles. The SMILES string of the molecule is CC(C)(C)c1cc(NC(=O)C(C)(C)S(=O)(=O)CC2CCOCC2)on1. The lowest BCUT2D eigenvalue weighted by Gasteiger charge is -2.28. The van der Waals surface area contributed by atoms with Gasteiger partial charge in [-0.05, 0) is 32.6 Å². The van der Waals surface area contributed by atoms with Crippen LogP contribution in [-0.2, 0) is 24.8 Å². The van der Waals surface area contributed by atoms with Gasteiger partial charge >= 0.3 is 0 Å². The summed E-state index contributed by atoms with van der Waals surface area (Å²) in [4.78, 5) is 12.6. The van der Waals surface area contributed by atoms with E-state index in [4.69, 9.17) is 9.26 Å². The Morgan fingerprint density at radius 2 is 1.84 bits per heavy atom. The third kappa shape index (κ3) is 4.61. The second-order valence-corrected chi connectivity index (χ2v) is 10.7. The molecule has 0 saturated carbocycles. The number of nitrogens with one attached hydrogen (secondary N) is 1. The minimum Gasteiger partial charge on any atom is -0.381 e. The lowest BCUT2D eigenvalue weighted by atomic mass is 9.92. The van der Waals surface area contributed by atoms with Crippen molar-refractivity contribution in [1.82, 2.24) is 5.16 Å². The van der Waals surface area contributed by atoms with Gasteiger partial charge in [0, 0.05) is 24.7 Å². The Morgan fingerprint density at radius 3 is 2.36 bits per heavy atom. The number of anilines is 1. The molecule has 0 atom stereocenters. The summed E-state index contributed by atoms with van der Waals surface area (Å²) < 4.78 is 34.4. The number of ether oxygens (including phenoxy) is 1. The van der Waals surface area contributed by atoms with Crippen LogP contribution in [0.4, 0.5) is 5.88 Å². The number of aromatic nitrogens is 1. The number of hydrogen-bond acceptors (Lipinski definition) is 6. The molecule has 7 nitrogen and oxygen atoms in total. The fraction of sp³-hybridized carbons (Fsp3) is 0.765. The first kappa shape index (κ1) is 19.9. The lowest BCUT2D eigenvalue weighted by molar-refractivity contribution is -0.118. The van der Waals surface area contributed by atoms with E-state index in [0.717, 1.165) is 0 Å². The number of amides is 1. The number of hydrogen-bond donors (Lipinski definition) is 1. The van der Waals surface area contributed by atoms with Crippen molar-refractivity contribution in [1.29, 1.82) is 0 Å². The third-order valence-corrected chi connectivity index (χ3v) is 7.29. The monoisotopic (exact) mass is 372 g/mol. The molecule has 1 N–H and O–H groups in total. The first-order valence-electron chi connectivity index (χ1n) is 8.52. The molecule has 1 aliphatic heterocycles. The van der Waals surface area contributed by atoms with Crippen molar-refractivity contribution in [3.8, 4) is 0 Å². The van der Waals surface area contributed by atoms with E-state index in [1.165, 1.54) is 13.8 Å². The first-order chi connectivity index (χ1) is 11.4. The molecule has 0 bridgehead atoms. The van der Waals surface area contributed by atoms with Crippen molar-refractivity contribution in [3.05, 3.63) is 11.8 Å². The molecule has 1 aliphatic rings. The van der Waals surface area contributed by atoms with Crippen LogP contribution in [0.25, 0.3) is 0 Å². The lowest BCUT2D eigenvalue weighted by Crippen LogP contribution is -2.47. The molecule has 0 aromatic carbocycles. The van der Waals surface area contributed by atoms with Crippen molar-refractivity contribution in [2.24, 2.45) is 5.92 Å². The van der Waals surface area contributed by atoms with Crippen LogP contribution in [0.1, 0.15) is 53.2 Å². The van der Waals surface area contributed by atoms with Gasteiger partial charge in [-0.15, -0.1) is 0 Å². The van der Waals surface area contributed by atoms with E-state index < -0.39 is 20.5 Å². The average Bonchev–Trinajstić information content (AvgIpc) is 2.96. The maximum atomic E-state index is 12.8. The highest BCUT2D eigenvalue weighted by Gasteiger charge is 2.43. The molecule has 1 aromatic heterocycles. The number of carbonyl (C=O) groups is 1. The van der Waals surface area contributed by atoms with Gasteiger partial charge in [-0.25, -0.2) is 8.42 Å². The van der Waals surface area contributed by atoms with E-state index in [2.05, 4.69) is 10.5 Å². The van der Waals surface area contributed by atoms with E-state index in [0.29, 0.717) is 31.7 Å². The molecular weight excluding hydrogens is 344 g/mol. The fourth-order valence-electron chi connectivity index (χ4n) is 2.52. The highest BCUT2D eigenvalue weighted by Crippen LogP contribution is 2.27. The van der Waals surface area contributed by atoms with Gasteiger partial charge in [0.05, 0.1) is 11.4 Å². The number of rotatable bonds is 5. The molecule has 1 aromatic rings. The summed E-state index contributed by atoms with van der Waals surface area (Å²) >= 11 is 0. The van der Waals surface area contributed by atoms with Gasteiger partial charge in [0.25, 0.3) is 0 Å². The Bertz CT molecular complexity index is 710. The topological polar surface area (TPSA) is 98.5 Å². The molecular formula is C17H28N2O5S. The van der Waals surface area contributed by atoms with Gasteiger partial charge in [-0.2, -0.15) is 0 Å². The van der Waals surface area contributed by atoms with E-state index in [9.17, 15) is 13.2 Å². The van der Waals surface area contributed by atoms with Crippen molar-refractivity contribution >= 4 is 21.6 Å². The molecule has 1 saturated heterocycles. The molecule has 25 heavy (non-hydrogen) atoms. The molecule has 2 rings (SSSR count). The highest BCUT2D eigenvalue weighted by molar-refractivity contribution is 7.93. The minimum atomic E-state index is -3.63. The van der Waals surface area contributed by atoms with Crippen LogP contribution >= 0.6 is 0 Å². The van der Waals surface area contributed by atoms with Gasteiger partial charge < -0.3 is 9.26 Å². The van der Waals surface area contributed by atoms with E-state index in [-0.39, 0.29) is 23.0 Å². The Hall–Kier alpha value is -1.41. The normalized spacial score (nSPS) is 17.5. The van der Waals surface area contributed by atoms with Gasteiger partial charge in [-0.3, -0.25) is 10.1 Å². The van der Waals surface area contributed by atoms with Gasteiger partial charge in [-0.1, -0.05) is 25.9 Å². The smallest absolute Gasteiger partial charge is 0.247 e. The van der Waals surface area contributed by atoms with Gasteiger partial charge in [0.15, 0.2) is 9.84 Å². The van der Waals surface area contributed by atoms with E-state index >= 15 is 0 Å².